The van der Waals surface area contributed by atoms with Crippen LogP contribution in [0, 0.1) is 0 Å². The van der Waals surface area contributed by atoms with Gasteiger partial charge in [-0.15, -0.1) is 13.2 Å². The third-order valence-electron chi connectivity index (χ3n) is 3.66. The van der Waals surface area contributed by atoms with Gasteiger partial charge in [-0.05, 0) is 38.0 Å². The van der Waals surface area contributed by atoms with Gasteiger partial charge in [0.2, 0.25) is 0 Å². The van der Waals surface area contributed by atoms with Gasteiger partial charge in [0.1, 0.15) is 11.3 Å². The van der Waals surface area contributed by atoms with Crippen LogP contribution in [0.25, 0.3) is 0 Å². The van der Waals surface area contributed by atoms with E-state index < -0.39 is 29.5 Å². The minimum absolute atomic E-state index is 0.0453. The van der Waals surface area contributed by atoms with Crippen LogP contribution in [0.2, 0.25) is 0 Å². The summed E-state index contributed by atoms with van der Waals surface area (Å²) in [6, 6.07) is 4.61. The molecular formula is C14H14F3NO4. The van der Waals surface area contributed by atoms with Crippen molar-refractivity contribution in [3.8, 4) is 5.75 Å². The predicted molar refractivity (Wildman–Crippen MR) is 69.4 cm³/mol. The van der Waals surface area contributed by atoms with Crippen LogP contribution in [-0.4, -0.2) is 40.3 Å². The number of alkyl halides is 3. The van der Waals surface area contributed by atoms with Gasteiger partial charge < -0.3 is 14.7 Å². The van der Waals surface area contributed by atoms with E-state index in [9.17, 15) is 27.9 Å². The van der Waals surface area contributed by atoms with Gasteiger partial charge in [-0.1, -0.05) is 6.07 Å². The number of carboxylic acid groups (broad SMARTS) is 1. The molecule has 0 radical (unpaired) electrons. The second-order valence-corrected chi connectivity index (χ2v) is 5.21. The van der Waals surface area contributed by atoms with E-state index in [1.165, 1.54) is 24.0 Å². The second kappa shape index (κ2) is 5.51. The molecule has 0 bridgehead atoms. The molecule has 2 rings (SSSR count). The topological polar surface area (TPSA) is 66.8 Å². The summed E-state index contributed by atoms with van der Waals surface area (Å²) in [4.78, 5) is 24.9. The molecule has 0 aliphatic carbocycles. The minimum atomic E-state index is -4.86. The first kappa shape index (κ1) is 16.1. The Morgan fingerprint density at radius 2 is 2.05 bits per heavy atom. The lowest BCUT2D eigenvalue weighted by Crippen LogP contribution is -2.50. The summed E-state index contributed by atoms with van der Waals surface area (Å²) in [5, 5.41) is 9.28. The summed E-state index contributed by atoms with van der Waals surface area (Å²) in [5.74, 6) is -2.29. The van der Waals surface area contributed by atoms with Crippen molar-refractivity contribution in [3.63, 3.8) is 0 Å². The van der Waals surface area contributed by atoms with Gasteiger partial charge in [0, 0.05) is 12.1 Å². The van der Waals surface area contributed by atoms with Crippen LogP contribution in [0.1, 0.15) is 30.1 Å². The Morgan fingerprint density at radius 1 is 1.36 bits per heavy atom. The number of carbonyl (C=O) groups excluding carboxylic acids is 1. The Hall–Kier alpha value is -2.25. The number of benzene rings is 1. The van der Waals surface area contributed by atoms with E-state index in [4.69, 9.17) is 0 Å². The van der Waals surface area contributed by atoms with Gasteiger partial charge in [0.25, 0.3) is 5.91 Å². The highest BCUT2D eigenvalue weighted by Gasteiger charge is 2.46. The normalized spacial score (nSPS) is 21.7. The molecule has 0 aromatic heterocycles. The van der Waals surface area contributed by atoms with E-state index in [0.29, 0.717) is 12.8 Å². The van der Waals surface area contributed by atoms with Crippen molar-refractivity contribution in [2.75, 3.05) is 6.54 Å². The fourth-order valence-corrected chi connectivity index (χ4v) is 2.49. The van der Waals surface area contributed by atoms with Gasteiger partial charge in [-0.2, -0.15) is 0 Å². The maximum atomic E-state index is 12.4. The molecule has 1 fully saturated rings. The first-order valence-corrected chi connectivity index (χ1v) is 6.55. The van der Waals surface area contributed by atoms with Gasteiger partial charge in [0.15, 0.2) is 0 Å². The lowest BCUT2D eigenvalue weighted by molar-refractivity contribution is -0.274. The zero-order valence-corrected chi connectivity index (χ0v) is 11.7. The van der Waals surface area contributed by atoms with Gasteiger partial charge in [0.05, 0.1) is 0 Å². The Labute approximate surface area is 124 Å². The van der Waals surface area contributed by atoms with Crippen LogP contribution < -0.4 is 4.74 Å². The molecule has 1 aliphatic heterocycles. The third-order valence-corrected chi connectivity index (χ3v) is 3.66. The highest BCUT2D eigenvalue weighted by molar-refractivity contribution is 5.98. The van der Waals surface area contributed by atoms with E-state index in [-0.39, 0.29) is 12.1 Å². The number of rotatable bonds is 3. The lowest BCUT2D eigenvalue weighted by Gasteiger charge is -2.31. The summed E-state index contributed by atoms with van der Waals surface area (Å²) in [6.07, 6.45) is -4.04. The fourth-order valence-electron chi connectivity index (χ4n) is 2.49. The maximum Gasteiger partial charge on any atom is 0.573 e. The first-order chi connectivity index (χ1) is 10.1. The van der Waals surface area contributed by atoms with E-state index in [2.05, 4.69) is 4.74 Å². The largest absolute Gasteiger partial charge is 0.573 e. The van der Waals surface area contributed by atoms with Crippen molar-refractivity contribution < 1.29 is 32.6 Å². The molecule has 1 N–H and O–H groups in total. The van der Waals surface area contributed by atoms with Crippen LogP contribution in [0.4, 0.5) is 13.2 Å². The second-order valence-electron chi connectivity index (χ2n) is 5.21. The number of hydrogen-bond acceptors (Lipinski definition) is 3. The zero-order chi connectivity index (χ0) is 16.5. The van der Waals surface area contributed by atoms with Crippen molar-refractivity contribution in [2.45, 2.75) is 31.7 Å². The summed E-state index contributed by atoms with van der Waals surface area (Å²) in [6.45, 7) is 1.67. The molecule has 1 unspecified atom stereocenters. The molecule has 1 aliphatic rings. The number of carbonyl (C=O) groups is 2. The number of halogens is 3. The first-order valence-electron chi connectivity index (χ1n) is 6.55. The molecule has 5 nitrogen and oxygen atoms in total. The van der Waals surface area contributed by atoms with Crippen molar-refractivity contribution in [1.29, 1.82) is 0 Å². The highest BCUT2D eigenvalue weighted by Crippen LogP contribution is 2.31. The Bertz CT molecular complexity index is 602. The number of likely N-dealkylation sites (tertiary alicyclic amines) is 1. The fraction of sp³-hybridized carbons (Fsp3) is 0.429. The maximum absolute atomic E-state index is 12.4. The third kappa shape index (κ3) is 3.15. The van der Waals surface area contributed by atoms with Crippen LogP contribution in [0.5, 0.6) is 5.75 Å². The summed E-state index contributed by atoms with van der Waals surface area (Å²) < 4.78 is 40.4. The predicted octanol–water partition coefficient (Wildman–Crippen LogP) is 2.66. The number of carboxylic acids is 1. The molecule has 1 atom stereocenters. The summed E-state index contributed by atoms with van der Waals surface area (Å²) >= 11 is 0. The van der Waals surface area contributed by atoms with E-state index in [1.807, 2.05) is 0 Å². The van der Waals surface area contributed by atoms with E-state index in [1.54, 1.807) is 0 Å². The highest BCUT2D eigenvalue weighted by atomic mass is 19.4. The van der Waals surface area contributed by atoms with Crippen LogP contribution in [0.3, 0.4) is 0 Å². The molecular weight excluding hydrogens is 303 g/mol. The standard InChI is InChI=1S/C14H14F3NO4/c1-13(12(20)21)6-3-7-18(13)11(19)9-4-2-5-10(8-9)22-14(15,16)17/h2,4-5,8H,3,6-7H2,1H3,(H,20,21). The number of ether oxygens (including phenoxy) is 1. The monoisotopic (exact) mass is 317 g/mol. The Morgan fingerprint density at radius 3 is 2.64 bits per heavy atom. The summed E-state index contributed by atoms with van der Waals surface area (Å²) in [7, 11) is 0. The van der Waals surface area contributed by atoms with Crippen molar-refractivity contribution in [2.24, 2.45) is 0 Å². The number of aliphatic carboxylic acids is 1. The number of amides is 1. The molecule has 1 aromatic rings. The summed E-state index contributed by atoms with van der Waals surface area (Å²) in [5.41, 5.74) is -1.39. The SMILES string of the molecule is CC1(C(=O)O)CCCN1C(=O)c1cccc(OC(F)(F)F)c1. The molecule has 22 heavy (non-hydrogen) atoms. The van der Waals surface area contributed by atoms with Crippen LogP contribution in [0.15, 0.2) is 24.3 Å². The van der Waals surface area contributed by atoms with Gasteiger partial charge >= 0.3 is 12.3 Å². The average molecular weight is 317 g/mol. The van der Waals surface area contributed by atoms with Crippen molar-refractivity contribution in [1.82, 2.24) is 4.90 Å². The van der Waals surface area contributed by atoms with Crippen LogP contribution >= 0.6 is 0 Å². The molecule has 1 heterocycles. The van der Waals surface area contributed by atoms with Crippen LogP contribution in [-0.2, 0) is 4.79 Å². The van der Waals surface area contributed by atoms with Crippen molar-refractivity contribution in [3.05, 3.63) is 29.8 Å². The van der Waals surface area contributed by atoms with Crippen molar-refractivity contribution >= 4 is 11.9 Å². The minimum Gasteiger partial charge on any atom is -0.480 e. The number of hydrogen-bond donors (Lipinski definition) is 1. The van der Waals surface area contributed by atoms with E-state index in [0.717, 1.165) is 12.1 Å². The molecule has 0 saturated carbocycles. The number of nitrogens with zero attached hydrogens (tertiary/aromatic N) is 1. The zero-order valence-electron chi connectivity index (χ0n) is 11.7. The van der Waals surface area contributed by atoms with Gasteiger partial charge in [-0.3, -0.25) is 4.79 Å². The molecule has 1 saturated heterocycles. The Kier molecular flexibility index (Phi) is 4.04. The molecule has 120 valence electrons. The average Bonchev–Trinajstić information content (AvgIpc) is 2.80. The van der Waals surface area contributed by atoms with Gasteiger partial charge in [-0.25, -0.2) is 4.79 Å². The molecule has 0 spiro atoms. The smallest absolute Gasteiger partial charge is 0.480 e. The van der Waals surface area contributed by atoms with E-state index >= 15 is 0 Å². The Balaban J connectivity index is 2.26. The lowest BCUT2D eigenvalue weighted by atomic mass is 9.98. The molecule has 1 aromatic carbocycles. The molecule has 8 heteroatoms. The molecule has 1 amide bonds. The quantitative estimate of drug-likeness (QED) is 0.931.